The summed E-state index contributed by atoms with van der Waals surface area (Å²) in [6.45, 7) is 12.8. The number of nitrogens with one attached hydrogen (secondary N) is 1. The van der Waals surface area contributed by atoms with Crippen molar-refractivity contribution in [3.8, 4) is 11.4 Å². The number of fused-ring (bicyclic) bond motifs is 3. The Kier molecular flexibility index (Phi) is 8.35. The van der Waals surface area contributed by atoms with Gasteiger partial charge in [0.05, 0.1) is 23.4 Å². The first-order chi connectivity index (χ1) is 19.5. The minimum atomic E-state index is -0.484. The molecule has 2 unspecified atom stereocenters. The highest BCUT2D eigenvalue weighted by Gasteiger charge is 2.33. The normalized spacial score (nSPS) is 15.9. The number of rotatable bonds is 7. The van der Waals surface area contributed by atoms with Crippen LogP contribution in [-0.2, 0) is 24.1 Å². The van der Waals surface area contributed by atoms with Gasteiger partial charge in [0.25, 0.3) is 5.56 Å². The van der Waals surface area contributed by atoms with Crippen molar-refractivity contribution in [3.05, 3.63) is 74.4 Å². The van der Waals surface area contributed by atoms with Crippen LogP contribution in [0.15, 0.2) is 52.4 Å². The van der Waals surface area contributed by atoms with Crippen LogP contribution in [-0.4, -0.2) is 27.8 Å². The fraction of sp³-hybridized carbons (Fsp3) is 0.424. The van der Waals surface area contributed by atoms with Crippen molar-refractivity contribution in [1.29, 1.82) is 0 Å². The molecule has 8 heteroatoms. The van der Waals surface area contributed by atoms with Crippen LogP contribution in [0.5, 0.6) is 5.75 Å². The van der Waals surface area contributed by atoms with Gasteiger partial charge in [-0.2, -0.15) is 0 Å². The number of carbonyl (C=O) groups is 1. The SMILES string of the molecule is CCc1ccc(NC(=O)C(C)Sc2nc3sc4c(c3c(=O)n2-c2cc(OC)ccc2C)CCC(C(C)(C)C)C4)cc1. The summed E-state index contributed by atoms with van der Waals surface area (Å²) in [5.74, 6) is 1.09. The van der Waals surface area contributed by atoms with Gasteiger partial charge in [-0.15, -0.1) is 11.3 Å². The van der Waals surface area contributed by atoms with Gasteiger partial charge in [0.2, 0.25) is 5.91 Å². The molecule has 6 nitrogen and oxygen atoms in total. The van der Waals surface area contributed by atoms with Crippen molar-refractivity contribution in [2.45, 2.75) is 77.6 Å². The summed E-state index contributed by atoms with van der Waals surface area (Å²) < 4.78 is 7.20. The van der Waals surface area contributed by atoms with E-state index in [4.69, 9.17) is 9.72 Å². The summed E-state index contributed by atoms with van der Waals surface area (Å²) in [6.07, 6.45) is 3.86. The van der Waals surface area contributed by atoms with Crippen molar-refractivity contribution < 1.29 is 9.53 Å². The van der Waals surface area contributed by atoms with Gasteiger partial charge in [0.1, 0.15) is 10.6 Å². The third kappa shape index (κ3) is 5.95. The number of methoxy groups -OCH3 is 1. The number of nitrogens with zero attached hydrogens (tertiary/aromatic N) is 2. The second-order valence-corrected chi connectivity index (χ2v) is 14.4. The molecular formula is C33H39N3O3S2. The number of thiophene rings is 1. The summed E-state index contributed by atoms with van der Waals surface area (Å²) >= 11 is 2.95. The van der Waals surface area contributed by atoms with Gasteiger partial charge in [0, 0.05) is 16.6 Å². The molecule has 2 aromatic carbocycles. The first kappa shape index (κ1) is 29.4. The number of aryl methyl sites for hydroxylation is 3. The van der Waals surface area contributed by atoms with Crippen LogP contribution in [0.1, 0.15) is 62.6 Å². The summed E-state index contributed by atoms with van der Waals surface area (Å²) in [5, 5.41) is 3.76. The average Bonchev–Trinajstić information content (AvgIpc) is 3.31. The number of anilines is 1. The molecule has 1 N–H and O–H groups in total. The van der Waals surface area contributed by atoms with Crippen molar-refractivity contribution in [2.24, 2.45) is 11.3 Å². The van der Waals surface area contributed by atoms with Gasteiger partial charge in [-0.3, -0.25) is 14.2 Å². The quantitative estimate of drug-likeness (QED) is 0.178. The zero-order valence-corrected chi connectivity index (χ0v) is 26.6. The predicted octanol–water partition coefficient (Wildman–Crippen LogP) is 7.60. The van der Waals surface area contributed by atoms with E-state index in [9.17, 15) is 9.59 Å². The lowest BCUT2D eigenvalue weighted by atomic mass is 9.72. The molecule has 0 aliphatic heterocycles. The molecule has 216 valence electrons. The Morgan fingerprint density at radius 2 is 1.95 bits per heavy atom. The van der Waals surface area contributed by atoms with E-state index >= 15 is 0 Å². The summed E-state index contributed by atoms with van der Waals surface area (Å²) in [4.78, 5) is 34.8. The molecule has 0 fully saturated rings. The van der Waals surface area contributed by atoms with Crippen LogP contribution in [0, 0.1) is 18.3 Å². The van der Waals surface area contributed by atoms with E-state index < -0.39 is 5.25 Å². The van der Waals surface area contributed by atoms with Gasteiger partial charge in [-0.05, 0) is 85.8 Å². The summed E-state index contributed by atoms with van der Waals surface area (Å²) in [7, 11) is 1.62. The second kappa shape index (κ2) is 11.6. The number of amides is 1. The van der Waals surface area contributed by atoms with E-state index in [1.54, 1.807) is 23.0 Å². The van der Waals surface area contributed by atoms with Crippen LogP contribution >= 0.6 is 23.1 Å². The number of carbonyl (C=O) groups excluding carboxylic acids is 1. The summed E-state index contributed by atoms with van der Waals surface area (Å²) in [6, 6.07) is 13.6. The number of aromatic nitrogens is 2. The standard InChI is InChI=1S/C33H39N3O3S2/c1-8-21-10-13-23(14-11-21)34-29(37)20(3)40-32-35-30-28(25-16-12-22(33(4,5)6)17-27(25)41-30)31(38)36(32)26-18-24(39-7)15-9-19(26)2/h9-11,13-15,18,20,22H,8,12,16-17H2,1-7H3,(H,34,37). The smallest absolute Gasteiger partial charge is 0.267 e. The average molecular weight is 590 g/mol. The zero-order chi connectivity index (χ0) is 29.5. The fourth-order valence-electron chi connectivity index (χ4n) is 5.47. The lowest BCUT2D eigenvalue weighted by Crippen LogP contribution is -2.28. The van der Waals surface area contributed by atoms with E-state index in [1.165, 1.54) is 22.2 Å². The van der Waals surface area contributed by atoms with Crippen molar-refractivity contribution >= 4 is 44.9 Å². The molecule has 1 aliphatic carbocycles. The molecule has 2 aromatic heterocycles. The summed E-state index contributed by atoms with van der Waals surface area (Å²) in [5.41, 5.74) is 4.90. The third-order valence-electron chi connectivity index (χ3n) is 8.22. The molecular weight excluding hydrogens is 551 g/mol. The molecule has 41 heavy (non-hydrogen) atoms. The molecule has 5 rings (SSSR count). The van der Waals surface area contributed by atoms with Gasteiger partial charge in [0.15, 0.2) is 5.16 Å². The number of thioether (sulfide) groups is 1. The second-order valence-electron chi connectivity index (χ2n) is 12.0. The Morgan fingerprint density at radius 1 is 1.22 bits per heavy atom. The van der Waals surface area contributed by atoms with Gasteiger partial charge < -0.3 is 10.1 Å². The molecule has 1 amide bonds. The van der Waals surface area contributed by atoms with Crippen molar-refractivity contribution in [2.75, 3.05) is 12.4 Å². The molecule has 0 saturated heterocycles. The highest BCUT2D eigenvalue weighted by Crippen LogP contribution is 2.43. The predicted molar refractivity (Wildman–Crippen MR) is 171 cm³/mol. The maximum atomic E-state index is 14.4. The largest absolute Gasteiger partial charge is 0.497 e. The zero-order valence-electron chi connectivity index (χ0n) is 25.0. The minimum Gasteiger partial charge on any atom is -0.497 e. The van der Waals surface area contributed by atoms with Crippen molar-refractivity contribution in [1.82, 2.24) is 9.55 Å². The number of hydrogen-bond acceptors (Lipinski definition) is 6. The van der Waals surface area contributed by atoms with Gasteiger partial charge in [-0.25, -0.2) is 4.98 Å². The maximum absolute atomic E-state index is 14.4. The Balaban J connectivity index is 1.58. The van der Waals surface area contributed by atoms with Crippen LogP contribution < -0.4 is 15.6 Å². The fourth-order valence-corrected chi connectivity index (χ4v) is 7.73. The molecule has 4 aromatic rings. The Hall–Kier alpha value is -3.10. The number of benzene rings is 2. The first-order valence-electron chi connectivity index (χ1n) is 14.3. The lowest BCUT2D eigenvalue weighted by Gasteiger charge is -2.33. The van der Waals surface area contributed by atoms with Crippen LogP contribution in [0.2, 0.25) is 0 Å². The number of hydrogen-bond donors (Lipinski definition) is 1. The van der Waals surface area contributed by atoms with Crippen LogP contribution in [0.3, 0.4) is 0 Å². The molecule has 0 saturated carbocycles. The van der Waals surface area contributed by atoms with Gasteiger partial charge in [-0.1, -0.05) is 57.7 Å². The van der Waals surface area contributed by atoms with E-state index in [2.05, 4.69) is 33.0 Å². The van der Waals surface area contributed by atoms with Gasteiger partial charge >= 0.3 is 0 Å². The Bertz CT molecular complexity index is 1650. The van der Waals surface area contributed by atoms with Crippen molar-refractivity contribution in [3.63, 3.8) is 0 Å². The Labute approximate surface area is 250 Å². The molecule has 0 bridgehead atoms. The molecule has 1 aliphatic rings. The molecule has 2 heterocycles. The monoisotopic (exact) mass is 589 g/mol. The number of ether oxygens (including phenoxy) is 1. The maximum Gasteiger partial charge on any atom is 0.267 e. The third-order valence-corrected chi connectivity index (χ3v) is 10.4. The topological polar surface area (TPSA) is 73.2 Å². The van der Waals surface area contributed by atoms with E-state index in [0.29, 0.717) is 16.8 Å². The highest BCUT2D eigenvalue weighted by atomic mass is 32.2. The minimum absolute atomic E-state index is 0.0803. The first-order valence-corrected chi connectivity index (χ1v) is 16.0. The van der Waals surface area contributed by atoms with Crippen LogP contribution in [0.4, 0.5) is 5.69 Å². The lowest BCUT2D eigenvalue weighted by molar-refractivity contribution is -0.115. The molecule has 2 atom stereocenters. The highest BCUT2D eigenvalue weighted by molar-refractivity contribution is 8.00. The molecule has 0 radical (unpaired) electrons. The molecule has 0 spiro atoms. The van der Waals surface area contributed by atoms with E-state index in [1.807, 2.05) is 56.3 Å². The Morgan fingerprint density at radius 3 is 2.61 bits per heavy atom. The van der Waals surface area contributed by atoms with Crippen LogP contribution in [0.25, 0.3) is 15.9 Å². The van der Waals surface area contributed by atoms with E-state index in [0.717, 1.165) is 58.4 Å². The van der Waals surface area contributed by atoms with E-state index in [-0.39, 0.29) is 16.9 Å².